The molecule has 0 aromatic heterocycles. The van der Waals surface area contributed by atoms with Crippen molar-refractivity contribution in [2.45, 2.75) is 11.8 Å². The molecule has 12 nitrogen and oxygen atoms in total. The molecule has 0 amide bonds. The maximum absolute atomic E-state index is 13.3. The SMILES string of the molecule is Cc1ccc(S(=O)(=O)N(CC#CCOS(C)(=O)=O)CC#CCN(CC#CCOS(C)(=O)=O)S(=O)(=O)[C]2[CH][CH][CH][CH]2)cc1.[CH]1[CH][CH][CH][CH]1.[Fe+2]. The van der Waals surface area contributed by atoms with Crippen molar-refractivity contribution in [2.24, 2.45) is 0 Å². The van der Waals surface area contributed by atoms with Crippen LogP contribution in [0.3, 0.4) is 0 Å². The Morgan fingerprint density at radius 1 is 0.542 bits per heavy atom. The van der Waals surface area contributed by atoms with Crippen LogP contribution in [-0.2, 0) is 65.7 Å². The molecule has 2 aliphatic carbocycles. The van der Waals surface area contributed by atoms with Gasteiger partial charge in [-0.25, -0.2) is 16.8 Å². The zero-order valence-electron chi connectivity index (χ0n) is 26.2. The maximum atomic E-state index is 13.3. The molecular weight excluding hydrogens is 744 g/mol. The van der Waals surface area contributed by atoms with Crippen LogP contribution < -0.4 is 0 Å². The molecule has 48 heavy (non-hydrogen) atoms. The van der Waals surface area contributed by atoms with Crippen LogP contribution in [0, 0.1) is 105 Å². The van der Waals surface area contributed by atoms with Crippen LogP contribution >= 0.6 is 0 Å². The standard InChI is InChI=1S/C26H29N2O10S4.C5H5.Fe/c1-24-14-16-26(17-15-24)42(35,36)28(21-9-11-23-38-40(3,31)32)19-7-6-18-27(20-8-10-22-37-39(2,29)30)41(33,34)25-12-4-5-13-25;1-2-4-5-3-1;/h4-5,12-17H,18-23H2,1-3H3;1-5H;/q;;+2. The number of nitrogens with zero attached hydrogens (tertiary/aromatic N) is 2. The summed E-state index contributed by atoms with van der Waals surface area (Å²) in [6, 6.07) is 6.09. The van der Waals surface area contributed by atoms with E-state index in [4.69, 9.17) is 0 Å². The summed E-state index contributed by atoms with van der Waals surface area (Å²) < 4.78 is 108. The molecule has 2 aliphatic rings. The molecule has 0 spiro atoms. The number of hydrogen-bond donors (Lipinski definition) is 0. The molecule has 1 aromatic rings. The quantitative estimate of drug-likeness (QED) is 0.170. The first kappa shape index (κ1) is 44.1. The molecule has 0 heterocycles. The Kier molecular flexibility index (Phi) is 19.6. The van der Waals surface area contributed by atoms with Crippen molar-refractivity contribution in [1.29, 1.82) is 0 Å². The molecule has 0 aliphatic heterocycles. The molecule has 10 radical (unpaired) electrons. The zero-order chi connectivity index (χ0) is 35.0. The summed E-state index contributed by atoms with van der Waals surface area (Å²) in [5.74, 6) is 15.2. The van der Waals surface area contributed by atoms with Gasteiger partial charge in [0.05, 0.1) is 43.6 Å². The molecular formula is C31H34FeN2O10S4+2. The first-order valence-electron chi connectivity index (χ1n) is 13.5. The Labute approximate surface area is 298 Å². The molecule has 0 N–H and O–H groups in total. The van der Waals surface area contributed by atoms with Gasteiger partial charge in [0.15, 0.2) is 0 Å². The average Bonchev–Trinajstić information content (AvgIpc) is 3.74. The third-order valence-electron chi connectivity index (χ3n) is 5.57. The predicted octanol–water partition coefficient (Wildman–Crippen LogP) is 0.962. The van der Waals surface area contributed by atoms with Gasteiger partial charge in [-0.2, -0.15) is 25.4 Å². The monoisotopic (exact) mass is 778 g/mol. The van der Waals surface area contributed by atoms with Gasteiger partial charge in [0.25, 0.3) is 20.2 Å². The van der Waals surface area contributed by atoms with Gasteiger partial charge in [0, 0.05) is 0 Å². The topological polar surface area (TPSA) is 161 Å². The number of sulfonamides is 2. The van der Waals surface area contributed by atoms with Gasteiger partial charge in [-0.05, 0) is 76.8 Å². The summed E-state index contributed by atoms with van der Waals surface area (Å²) in [5, 5.41) is -0.00588. The maximum Gasteiger partial charge on any atom is 2.00 e. The third kappa shape index (κ3) is 17.1. The van der Waals surface area contributed by atoms with Crippen molar-refractivity contribution in [3.63, 3.8) is 0 Å². The molecule has 1 aromatic carbocycles. The van der Waals surface area contributed by atoms with E-state index in [0.717, 1.165) is 26.7 Å². The summed E-state index contributed by atoms with van der Waals surface area (Å²) in [4.78, 5) is -0.0175. The summed E-state index contributed by atoms with van der Waals surface area (Å²) in [7, 11) is -15.6. The van der Waals surface area contributed by atoms with E-state index in [-0.39, 0.29) is 53.4 Å². The molecule has 0 unspecified atom stereocenters. The number of rotatable bonds is 12. The second kappa shape index (κ2) is 21.3. The van der Waals surface area contributed by atoms with E-state index in [1.807, 2.05) is 32.1 Å². The van der Waals surface area contributed by atoms with Gasteiger partial charge in [-0.1, -0.05) is 53.2 Å². The van der Waals surface area contributed by atoms with Crippen molar-refractivity contribution in [2.75, 3.05) is 51.9 Å². The Morgan fingerprint density at radius 3 is 1.27 bits per heavy atom. The average molecular weight is 779 g/mol. The normalized spacial score (nSPS) is 15.2. The van der Waals surface area contributed by atoms with E-state index in [1.165, 1.54) is 37.8 Å². The molecule has 0 atom stereocenters. The number of hydrogen-bond acceptors (Lipinski definition) is 10. The predicted molar refractivity (Wildman–Crippen MR) is 177 cm³/mol. The number of benzene rings is 1. The summed E-state index contributed by atoms with van der Waals surface area (Å²) in [6.07, 6.45) is 17.6. The van der Waals surface area contributed by atoms with Gasteiger partial charge in [-0.3, -0.25) is 8.37 Å². The van der Waals surface area contributed by atoms with E-state index in [9.17, 15) is 33.7 Å². The molecule has 2 fully saturated rings. The number of aryl methyl sites for hydroxylation is 1. The van der Waals surface area contributed by atoms with Crippen LogP contribution in [0.25, 0.3) is 0 Å². The van der Waals surface area contributed by atoms with Gasteiger partial charge in [0.2, 0.25) is 20.0 Å². The molecule has 258 valence electrons. The second-order valence-corrected chi connectivity index (χ2v) is 16.6. The Bertz CT molecular complexity index is 1780. The van der Waals surface area contributed by atoms with E-state index in [2.05, 4.69) is 43.9 Å². The summed E-state index contributed by atoms with van der Waals surface area (Å²) in [5.41, 5.74) is 0.843. The van der Waals surface area contributed by atoms with Crippen molar-refractivity contribution >= 4 is 40.3 Å². The molecule has 0 saturated heterocycles. The molecule has 17 heteroatoms. The summed E-state index contributed by atoms with van der Waals surface area (Å²) >= 11 is 0. The fraction of sp³-hybridized carbons (Fsp3) is 0.290. The first-order valence-corrected chi connectivity index (χ1v) is 20.0. The Hall–Kier alpha value is -1.94. The van der Waals surface area contributed by atoms with E-state index in [1.54, 1.807) is 19.1 Å². The van der Waals surface area contributed by atoms with Crippen molar-refractivity contribution in [3.05, 3.63) is 92.9 Å². The second-order valence-electron chi connectivity index (χ2n) is 9.44. The van der Waals surface area contributed by atoms with Gasteiger partial charge in [-0.15, -0.1) is 0 Å². The van der Waals surface area contributed by atoms with Crippen LogP contribution in [0.2, 0.25) is 0 Å². The fourth-order valence-electron chi connectivity index (χ4n) is 3.26. The minimum Gasteiger partial charge on any atom is -0.257 e. The largest absolute Gasteiger partial charge is 2.00 e. The first-order chi connectivity index (χ1) is 22.0. The van der Waals surface area contributed by atoms with Crippen molar-refractivity contribution in [1.82, 2.24) is 8.61 Å². The Balaban J connectivity index is 0.00000175. The van der Waals surface area contributed by atoms with Crippen LogP contribution in [-0.4, -0.2) is 94.2 Å². The van der Waals surface area contributed by atoms with Crippen LogP contribution in [0.1, 0.15) is 5.56 Å². The summed E-state index contributed by atoms with van der Waals surface area (Å²) in [6.45, 7) is -0.543. The van der Waals surface area contributed by atoms with Gasteiger partial charge >= 0.3 is 17.1 Å². The Morgan fingerprint density at radius 2 is 0.896 bits per heavy atom. The van der Waals surface area contributed by atoms with Crippen molar-refractivity contribution < 1.29 is 59.1 Å². The van der Waals surface area contributed by atoms with Crippen molar-refractivity contribution in [3.8, 4) is 35.5 Å². The van der Waals surface area contributed by atoms with E-state index in [0.29, 0.717) is 0 Å². The third-order valence-corrected chi connectivity index (χ3v) is 10.3. The fourth-order valence-corrected chi connectivity index (χ4v) is 6.32. The smallest absolute Gasteiger partial charge is 0.257 e. The molecule has 2 saturated carbocycles. The van der Waals surface area contributed by atoms with Gasteiger partial charge in [0.1, 0.15) is 18.5 Å². The van der Waals surface area contributed by atoms with E-state index >= 15 is 0 Å². The van der Waals surface area contributed by atoms with Crippen LogP contribution in [0.15, 0.2) is 29.2 Å². The van der Waals surface area contributed by atoms with Crippen LogP contribution in [0.4, 0.5) is 0 Å². The molecule has 3 rings (SSSR count). The minimum absolute atomic E-state index is 0. The zero-order valence-corrected chi connectivity index (χ0v) is 30.6. The van der Waals surface area contributed by atoms with Gasteiger partial charge < -0.3 is 0 Å². The van der Waals surface area contributed by atoms with E-state index < -0.39 is 53.5 Å². The minimum atomic E-state index is -4.08. The van der Waals surface area contributed by atoms with Crippen LogP contribution in [0.5, 0.6) is 0 Å². The molecule has 0 bridgehead atoms.